The molecule has 0 amide bonds. The van der Waals surface area contributed by atoms with Gasteiger partial charge in [0.15, 0.2) is 11.6 Å². The van der Waals surface area contributed by atoms with E-state index in [0.717, 1.165) is 64.1 Å². The number of hydrogen-bond acceptors (Lipinski definition) is 5. The summed E-state index contributed by atoms with van der Waals surface area (Å²) >= 11 is 3.64. The fourth-order valence-corrected chi connectivity index (χ4v) is 6.48. The molecule has 0 radical (unpaired) electrons. The van der Waals surface area contributed by atoms with Crippen LogP contribution in [-0.2, 0) is 14.3 Å². The summed E-state index contributed by atoms with van der Waals surface area (Å²) in [6.07, 6.45) is 3.36. The first-order valence-electron chi connectivity index (χ1n) is 13.1. The summed E-state index contributed by atoms with van der Waals surface area (Å²) in [6.45, 7) is 14.1. The third-order valence-electron chi connectivity index (χ3n) is 7.40. The first kappa shape index (κ1) is 27.1. The lowest BCUT2D eigenvalue weighted by Gasteiger charge is -2.49. The Labute approximate surface area is 224 Å². The molecule has 4 rings (SSSR count). The minimum Gasteiger partial charge on any atom is -0.491 e. The minimum absolute atomic E-state index is 0.0251. The van der Waals surface area contributed by atoms with Crippen LogP contribution in [0.2, 0.25) is 0 Å². The zero-order valence-electron chi connectivity index (χ0n) is 22.8. The van der Waals surface area contributed by atoms with Gasteiger partial charge in [0.2, 0.25) is 0 Å². The number of carbonyl (C=O) groups is 2. The van der Waals surface area contributed by atoms with E-state index >= 15 is 0 Å². The Kier molecular flexibility index (Phi) is 7.60. The van der Waals surface area contributed by atoms with Crippen LogP contribution < -0.4 is 4.74 Å². The molecule has 36 heavy (non-hydrogen) atoms. The lowest BCUT2D eigenvalue weighted by molar-refractivity contribution is -0.119. The first-order valence-corrected chi connectivity index (χ1v) is 13.9. The Morgan fingerprint density at radius 3 is 2.03 bits per heavy atom. The first-order chi connectivity index (χ1) is 16.8. The average Bonchev–Trinajstić information content (AvgIpc) is 2.73. The van der Waals surface area contributed by atoms with Crippen molar-refractivity contribution in [1.29, 1.82) is 0 Å². The molecule has 3 aliphatic rings. The van der Waals surface area contributed by atoms with Gasteiger partial charge in [0, 0.05) is 71.6 Å². The lowest BCUT2D eigenvalue weighted by atomic mass is 9.63. The predicted octanol–water partition coefficient (Wildman–Crippen LogP) is 6.96. The van der Waals surface area contributed by atoms with Gasteiger partial charge >= 0.3 is 0 Å². The highest BCUT2D eigenvalue weighted by molar-refractivity contribution is 9.10. The Bertz CT molecular complexity index is 1070. The van der Waals surface area contributed by atoms with Gasteiger partial charge in [-0.1, -0.05) is 43.6 Å². The number of halogens is 1. The zero-order chi connectivity index (χ0) is 26.4. The Hall–Kier alpha value is -1.92. The molecule has 1 aliphatic heterocycles. The highest BCUT2D eigenvalue weighted by Gasteiger charge is 2.49. The Balaban J connectivity index is 2.00. The molecule has 0 aromatic heterocycles. The summed E-state index contributed by atoms with van der Waals surface area (Å²) in [6, 6.07) is 5.96. The molecule has 2 aliphatic carbocycles. The molecular formula is C30H40BrNO4. The van der Waals surface area contributed by atoms with Crippen molar-refractivity contribution < 1.29 is 19.1 Å². The van der Waals surface area contributed by atoms with E-state index in [1.54, 1.807) is 7.11 Å². The number of hydrogen-bond donors (Lipinski definition) is 0. The summed E-state index contributed by atoms with van der Waals surface area (Å²) in [4.78, 5) is 30.2. The van der Waals surface area contributed by atoms with Crippen molar-refractivity contribution in [3.63, 3.8) is 0 Å². The number of Topliss-reactive ketones (excluding diaryl/α,β-unsaturated/α-hetero) is 2. The largest absolute Gasteiger partial charge is 0.491 e. The van der Waals surface area contributed by atoms with E-state index in [2.05, 4.69) is 48.5 Å². The molecule has 0 saturated heterocycles. The van der Waals surface area contributed by atoms with E-state index in [-0.39, 0.29) is 28.5 Å². The molecule has 1 aromatic rings. The zero-order valence-corrected chi connectivity index (χ0v) is 24.4. The fourth-order valence-electron chi connectivity index (χ4n) is 6.10. The van der Waals surface area contributed by atoms with E-state index in [0.29, 0.717) is 19.4 Å². The van der Waals surface area contributed by atoms with Crippen molar-refractivity contribution in [2.24, 2.45) is 10.8 Å². The van der Waals surface area contributed by atoms with E-state index in [1.165, 1.54) is 0 Å². The topological polar surface area (TPSA) is 55.8 Å². The van der Waals surface area contributed by atoms with Gasteiger partial charge < -0.3 is 14.4 Å². The second kappa shape index (κ2) is 10.1. The monoisotopic (exact) mass is 557 g/mol. The van der Waals surface area contributed by atoms with Crippen LogP contribution in [0.1, 0.15) is 85.1 Å². The van der Waals surface area contributed by atoms with Gasteiger partial charge in [-0.15, -0.1) is 0 Å². The second-order valence-corrected chi connectivity index (χ2v) is 13.3. The highest BCUT2D eigenvalue weighted by atomic mass is 79.9. The quantitative estimate of drug-likeness (QED) is 0.339. The smallest absolute Gasteiger partial charge is 0.162 e. The van der Waals surface area contributed by atoms with Crippen LogP contribution >= 0.6 is 15.9 Å². The molecule has 5 nitrogen and oxygen atoms in total. The third kappa shape index (κ3) is 5.35. The SMILES string of the molecule is COCCCN1C2=C(C(=O)CC(C)(C)C2)C(c2cc(Br)ccc2OC(C)C)C2=C1CC(C)(C)CC2=O. The van der Waals surface area contributed by atoms with Gasteiger partial charge in [0.25, 0.3) is 0 Å². The van der Waals surface area contributed by atoms with Gasteiger partial charge in [-0.3, -0.25) is 9.59 Å². The molecule has 1 heterocycles. The Morgan fingerprint density at radius 1 is 0.972 bits per heavy atom. The van der Waals surface area contributed by atoms with Gasteiger partial charge in [0.1, 0.15) is 5.75 Å². The second-order valence-electron chi connectivity index (χ2n) is 12.4. The number of benzene rings is 1. The number of methoxy groups -OCH3 is 1. The number of rotatable bonds is 7. The molecule has 1 aromatic carbocycles. The van der Waals surface area contributed by atoms with Gasteiger partial charge in [-0.05, 0) is 62.1 Å². The summed E-state index contributed by atoms with van der Waals surface area (Å²) in [5, 5.41) is 0. The molecule has 0 atom stereocenters. The van der Waals surface area contributed by atoms with Crippen molar-refractivity contribution in [2.75, 3.05) is 20.3 Å². The van der Waals surface area contributed by atoms with Crippen molar-refractivity contribution >= 4 is 27.5 Å². The van der Waals surface area contributed by atoms with Gasteiger partial charge in [-0.25, -0.2) is 0 Å². The van der Waals surface area contributed by atoms with Crippen LogP contribution in [0.25, 0.3) is 0 Å². The highest BCUT2D eigenvalue weighted by Crippen LogP contribution is 2.55. The van der Waals surface area contributed by atoms with Crippen molar-refractivity contribution in [1.82, 2.24) is 4.90 Å². The Morgan fingerprint density at radius 2 is 1.53 bits per heavy atom. The lowest BCUT2D eigenvalue weighted by Crippen LogP contribution is -2.45. The normalized spacial score (nSPS) is 21.8. The van der Waals surface area contributed by atoms with Crippen LogP contribution in [0.3, 0.4) is 0 Å². The summed E-state index contributed by atoms with van der Waals surface area (Å²) in [5.74, 6) is 0.609. The molecule has 0 N–H and O–H groups in total. The third-order valence-corrected chi connectivity index (χ3v) is 7.89. The van der Waals surface area contributed by atoms with Crippen LogP contribution in [0, 0.1) is 10.8 Å². The van der Waals surface area contributed by atoms with Crippen LogP contribution in [0.15, 0.2) is 45.2 Å². The van der Waals surface area contributed by atoms with Crippen molar-refractivity contribution in [2.45, 2.75) is 85.7 Å². The maximum absolute atomic E-state index is 13.9. The van der Waals surface area contributed by atoms with Crippen LogP contribution in [-0.4, -0.2) is 42.8 Å². The molecular weight excluding hydrogens is 518 g/mol. The van der Waals surface area contributed by atoms with Gasteiger partial charge in [-0.2, -0.15) is 0 Å². The minimum atomic E-state index is -0.410. The summed E-state index contributed by atoms with van der Waals surface area (Å²) in [5.41, 5.74) is 4.35. The maximum atomic E-state index is 13.9. The molecule has 0 saturated carbocycles. The molecule has 0 spiro atoms. The summed E-state index contributed by atoms with van der Waals surface area (Å²) in [7, 11) is 1.71. The predicted molar refractivity (Wildman–Crippen MR) is 146 cm³/mol. The standard InChI is InChI=1S/C30H40BrNO4/c1-18(2)36-25-10-9-19(31)13-20(25)26-27-21(14-29(3,4)16-23(27)33)32(11-8-12-35-7)22-15-30(5,6)17-24(34)28(22)26/h9-10,13,18,26H,8,11-12,14-17H2,1-7H3. The molecule has 196 valence electrons. The van der Waals surface area contributed by atoms with E-state index in [1.807, 2.05) is 32.0 Å². The van der Waals surface area contributed by atoms with Crippen LogP contribution in [0.5, 0.6) is 5.75 Å². The van der Waals surface area contributed by atoms with E-state index < -0.39 is 5.92 Å². The number of ketones is 2. The molecule has 0 unspecified atom stereocenters. The van der Waals surface area contributed by atoms with Crippen LogP contribution in [0.4, 0.5) is 0 Å². The number of allylic oxidation sites excluding steroid dienone is 4. The number of nitrogens with zero attached hydrogens (tertiary/aromatic N) is 1. The molecule has 0 fully saturated rings. The number of carbonyl (C=O) groups excluding carboxylic acids is 2. The number of ether oxygens (including phenoxy) is 2. The van der Waals surface area contributed by atoms with Crippen molar-refractivity contribution in [3.05, 3.63) is 50.8 Å². The van der Waals surface area contributed by atoms with Crippen molar-refractivity contribution in [3.8, 4) is 5.75 Å². The fraction of sp³-hybridized carbons (Fsp3) is 0.600. The van der Waals surface area contributed by atoms with Gasteiger partial charge in [0.05, 0.1) is 6.10 Å². The maximum Gasteiger partial charge on any atom is 0.162 e. The van der Waals surface area contributed by atoms with E-state index in [9.17, 15) is 9.59 Å². The molecule has 6 heteroatoms. The summed E-state index contributed by atoms with van der Waals surface area (Å²) < 4.78 is 12.5. The van der Waals surface area contributed by atoms with E-state index in [4.69, 9.17) is 9.47 Å². The average molecular weight is 559 g/mol. The molecule has 0 bridgehead atoms.